The minimum Gasteiger partial charge on any atom is -0.469 e. The molecule has 5 heteroatoms. The molecule has 0 aliphatic carbocycles. The molecule has 0 saturated heterocycles. The molecule has 0 aromatic heterocycles. The summed E-state index contributed by atoms with van der Waals surface area (Å²) < 4.78 is 4.71. The van der Waals surface area contributed by atoms with Crippen LogP contribution in [0.4, 0.5) is 0 Å². The highest BCUT2D eigenvalue weighted by atomic mass is 16.5. The van der Waals surface area contributed by atoms with Gasteiger partial charge in [-0.3, -0.25) is 9.59 Å². The van der Waals surface area contributed by atoms with Gasteiger partial charge in [0.1, 0.15) is 0 Å². The Kier molecular flexibility index (Phi) is 9.21. The molecule has 0 saturated carbocycles. The SMILES string of the molecule is CCCC(=O)N(CCCN(C)C)CC(C)C(=O)OC. The van der Waals surface area contributed by atoms with Crippen LogP contribution >= 0.6 is 0 Å². The van der Waals surface area contributed by atoms with Crippen LogP contribution in [0.25, 0.3) is 0 Å². The van der Waals surface area contributed by atoms with Gasteiger partial charge in [-0.2, -0.15) is 0 Å². The minimum atomic E-state index is -0.273. The molecule has 0 aliphatic rings. The summed E-state index contributed by atoms with van der Waals surface area (Å²) in [6.45, 7) is 5.85. The number of rotatable bonds is 9. The van der Waals surface area contributed by atoms with E-state index in [1.807, 2.05) is 21.0 Å². The Balaban J connectivity index is 4.40. The molecule has 112 valence electrons. The number of amides is 1. The monoisotopic (exact) mass is 272 g/mol. The highest BCUT2D eigenvalue weighted by Crippen LogP contribution is 2.07. The van der Waals surface area contributed by atoms with Crippen molar-refractivity contribution in [1.29, 1.82) is 0 Å². The molecule has 0 bridgehead atoms. The molecule has 0 N–H and O–H groups in total. The molecule has 0 aliphatic heterocycles. The molecule has 0 heterocycles. The zero-order valence-corrected chi connectivity index (χ0v) is 12.9. The van der Waals surface area contributed by atoms with E-state index in [4.69, 9.17) is 4.74 Å². The van der Waals surface area contributed by atoms with Crippen LogP contribution in [-0.2, 0) is 14.3 Å². The third kappa shape index (κ3) is 7.82. The molecular formula is C14H28N2O3. The van der Waals surface area contributed by atoms with E-state index in [0.29, 0.717) is 19.5 Å². The highest BCUT2D eigenvalue weighted by Gasteiger charge is 2.20. The summed E-state index contributed by atoms with van der Waals surface area (Å²) in [6, 6.07) is 0. The van der Waals surface area contributed by atoms with Gasteiger partial charge in [0.15, 0.2) is 0 Å². The number of esters is 1. The molecule has 0 spiro atoms. The molecular weight excluding hydrogens is 244 g/mol. The van der Waals surface area contributed by atoms with Crippen molar-refractivity contribution in [3.8, 4) is 0 Å². The lowest BCUT2D eigenvalue weighted by Crippen LogP contribution is -2.38. The van der Waals surface area contributed by atoms with Crippen LogP contribution in [-0.4, -0.2) is 62.5 Å². The molecule has 0 aromatic rings. The van der Waals surface area contributed by atoms with Crippen LogP contribution in [0.3, 0.4) is 0 Å². The van der Waals surface area contributed by atoms with E-state index < -0.39 is 0 Å². The van der Waals surface area contributed by atoms with E-state index in [-0.39, 0.29) is 17.8 Å². The smallest absolute Gasteiger partial charge is 0.310 e. The van der Waals surface area contributed by atoms with Crippen LogP contribution in [0.15, 0.2) is 0 Å². The Morgan fingerprint density at radius 3 is 2.32 bits per heavy atom. The highest BCUT2D eigenvalue weighted by molar-refractivity contribution is 5.77. The van der Waals surface area contributed by atoms with E-state index in [1.165, 1.54) is 7.11 Å². The first-order valence-corrected chi connectivity index (χ1v) is 6.92. The molecule has 0 fully saturated rings. The molecule has 0 radical (unpaired) electrons. The standard InChI is InChI=1S/C14H28N2O3/c1-6-8-13(17)16(10-7-9-15(3)4)11-12(2)14(18)19-5/h12H,6-11H2,1-5H3. The van der Waals surface area contributed by atoms with E-state index in [2.05, 4.69) is 4.90 Å². The number of hydrogen-bond acceptors (Lipinski definition) is 4. The maximum absolute atomic E-state index is 12.0. The number of methoxy groups -OCH3 is 1. The summed E-state index contributed by atoms with van der Waals surface area (Å²) in [5, 5.41) is 0. The van der Waals surface area contributed by atoms with Gasteiger partial charge in [0.25, 0.3) is 0 Å². The third-order valence-electron chi connectivity index (χ3n) is 2.95. The van der Waals surface area contributed by atoms with Gasteiger partial charge >= 0.3 is 5.97 Å². The molecule has 1 atom stereocenters. The predicted molar refractivity (Wildman–Crippen MR) is 75.8 cm³/mol. The number of nitrogens with zero attached hydrogens (tertiary/aromatic N) is 2. The lowest BCUT2D eigenvalue weighted by atomic mass is 10.1. The van der Waals surface area contributed by atoms with Crippen LogP contribution in [0.2, 0.25) is 0 Å². The Bertz CT molecular complexity index is 280. The summed E-state index contributed by atoms with van der Waals surface area (Å²) in [5.74, 6) is -0.413. The van der Waals surface area contributed by atoms with Crippen molar-refractivity contribution < 1.29 is 14.3 Å². The van der Waals surface area contributed by atoms with Gasteiger partial charge in [0, 0.05) is 19.5 Å². The second kappa shape index (κ2) is 9.78. The Hall–Kier alpha value is -1.10. The quantitative estimate of drug-likeness (QED) is 0.595. The van der Waals surface area contributed by atoms with E-state index >= 15 is 0 Å². The Labute approximate surface area is 116 Å². The van der Waals surface area contributed by atoms with Crippen molar-refractivity contribution in [1.82, 2.24) is 9.80 Å². The zero-order valence-electron chi connectivity index (χ0n) is 12.9. The summed E-state index contributed by atoms with van der Waals surface area (Å²) in [7, 11) is 5.40. The van der Waals surface area contributed by atoms with Gasteiger partial charge in [-0.05, 0) is 33.5 Å². The lowest BCUT2D eigenvalue weighted by molar-refractivity contribution is -0.146. The second-order valence-corrected chi connectivity index (χ2v) is 5.17. The molecule has 1 unspecified atom stereocenters. The molecule has 5 nitrogen and oxygen atoms in total. The van der Waals surface area contributed by atoms with Crippen molar-refractivity contribution in [2.75, 3.05) is 40.8 Å². The van der Waals surface area contributed by atoms with Crippen molar-refractivity contribution in [3.05, 3.63) is 0 Å². The summed E-state index contributed by atoms with van der Waals surface area (Å²) >= 11 is 0. The van der Waals surface area contributed by atoms with E-state index in [0.717, 1.165) is 19.4 Å². The summed E-state index contributed by atoms with van der Waals surface area (Å²) in [5.41, 5.74) is 0. The van der Waals surface area contributed by atoms with Gasteiger partial charge in [0.2, 0.25) is 5.91 Å². The first kappa shape index (κ1) is 17.9. The van der Waals surface area contributed by atoms with Crippen LogP contribution in [0.5, 0.6) is 0 Å². The number of carbonyl (C=O) groups excluding carboxylic acids is 2. The topological polar surface area (TPSA) is 49.9 Å². The lowest BCUT2D eigenvalue weighted by Gasteiger charge is -2.25. The average Bonchev–Trinajstić information content (AvgIpc) is 2.36. The Morgan fingerprint density at radius 2 is 1.84 bits per heavy atom. The fraction of sp³-hybridized carbons (Fsp3) is 0.857. The average molecular weight is 272 g/mol. The van der Waals surface area contributed by atoms with Gasteiger partial charge in [0.05, 0.1) is 13.0 Å². The minimum absolute atomic E-state index is 0.122. The van der Waals surface area contributed by atoms with Crippen molar-refractivity contribution in [2.45, 2.75) is 33.1 Å². The summed E-state index contributed by atoms with van der Waals surface area (Å²) in [4.78, 5) is 27.3. The van der Waals surface area contributed by atoms with Gasteiger partial charge in [-0.25, -0.2) is 0 Å². The Morgan fingerprint density at radius 1 is 1.21 bits per heavy atom. The van der Waals surface area contributed by atoms with Crippen molar-refractivity contribution >= 4 is 11.9 Å². The third-order valence-corrected chi connectivity index (χ3v) is 2.95. The molecule has 0 aromatic carbocycles. The summed E-state index contributed by atoms with van der Waals surface area (Å²) in [6.07, 6.45) is 2.28. The zero-order chi connectivity index (χ0) is 14.8. The van der Waals surface area contributed by atoms with E-state index in [9.17, 15) is 9.59 Å². The fourth-order valence-electron chi connectivity index (χ4n) is 1.87. The van der Waals surface area contributed by atoms with Crippen LogP contribution in [0.1, 0.15) is 33.1 Å². The van der Waals surface area contributed by atoms with E-state index in [1.54, 1.807) is 11.8 Å². The molecule has 19 heavy (non-hydrogen) atoms. The number of ether oxygens (including phenoxy) is 1. The first-order valence-electron chi connectivity index (χ1n) is 6.92. The maximum atomic E-state index is 12.0. The van der Waals surface area contributed by atoms with Crippen molar-refractivity contribution in [2.24, 2.45) is 5.92 Å². The van der Waals surface area contributed by atoms with Crippen LogP contribution < -0.4 is 0 Å². The van der Waals surface area contributed by atoms with Gasteiger partial charge in [-0.1, -0.05) is 13.8 Å². The molecule has 0 rings (SSSR count). The van der Waals surface area contributed by atoms with Gasteiger partial charge < -0.3 is 14.5 Å². The second-order valence-electron chi connectivity index (χ2n) is 5.17. The number of carbonyl (C=O) groups is 2. The normalized spacial score (nSPS) is 12.3. The molecule has 1 amide bonds. The van der Waals surface area contributed by atoms with Crippen LogP contribution in [0, 0.1) is 5.92 Å². The van der Waals surface area contributed by atoms with Gasteiger partial charge in [-0.15, -0.1) is 0 Å². The fourth-order valence-corrected chi connectivity index (χ4v) is 1.87. The number of hydrogen-bond donors (Lipinski definition) is 0. The van der Waals surface area contributed by atoms with Crippen molar-refractivity contribution in [3.63, 3.8) is 0 Å². The predicted octanol–water partition coefficient (Wildman–Crippen LogP) is 1.38. The first-order chi connectivity index (χ1) is 8.92. The maximum Gasteiger partial charge on any atom is 0.310 e. The largest absolute Gasteiger partial charge is 0.469 e.